The second-order valence-corrected chi connectivity index (χ2v) is 8.84. The Morgan fingerprint density at radius 1 is 0.576 bits per heavy atom. The molecular weight excluding hydrogens is 424 g/mol. The lowest BCUT2D eigenvalue weighted by atomic mass is 10.00. The van der Waals surface area contributed by atoms with E-state index >= 15 is 0 Å². The maximum absolute atomic E-state index is 10.7. The van der Waals surface area contributed by atoms with E-state index in [0.717, 1.165) is 25.7 Å². The molecule has 0 rings (SSSR count). The molecule has 1 atom stereocenters. The average Bonchev–Trinajstić information content (AvgIpc) is 2.76. The Morgan fingerprint density at radius 3 is 1.27 bits per heavy atom. The SMILES string of the molecule is CCCCCCCCCCCCCCCCC(C(=O)O)C(=O)O.NCCCC[C@H](N)C(=O)O. The minimum Gasteiger partial charge on any atom is -0.481 e. The van der Waals surface area contributed by atoms with E-state index in [0.29, 0.717) is 19.4 Å². The molecule has 0 bridgehead atoms. The summed E-state index contributed by atoms with van der Waals surface area (Å²) in [5, 5.41) is 25.9. The molecule has 8 heteroatoms. The van der Waals surface area contributed by atoms with Gasteiger partial charge in [-0.1, -0.05) is 103 Å². The van der Waals surface area contributed by atoms with E-state index in [1.807, 2.05) is 0 Å². The lowest BCUT2D eigenvalue weighted by Gasteiger charge is -2.07. The van der Waals surface area contributed by atoms with Crippen molar-refractivity contribution in [1.29, 1.82) is 0 Å². The first kappa shape index (κ1) is 33.5. The molecule has 0 spiro atoms. The highest BCUT2D eigenvalue weighted by atomic mass is 16.4. The Bertz CT molecular complexity index is 474. The van der Waals surface area contributed by atoms with Gasteiger partial charge in [0.05, 0.1) is 0 Å². The van der Waals surface area contributed by atoms with Crippen molar-refractivity contribution in [2.45, 2.75) is 129 Å². The summed E-state index contributed by atoms with van der Waals surface area (Å²) >= 11 is 0. The largest absolute Gasteiger partial charge is 0.481 e. The van der Waals surface area contributed by atoms with E-state index in [1.165, 1.54) is 70.6 Å². The third kappa shape index (κ3) is 24.8. The molecule has 0 fully saturated rings. The molecule has 0 aliphatic rings. The van der Waals surface area contributed by atoms with E-state index < -0.39 is 29.9 Å². The van der Waals surface area contributed by atoms with Crippen molar-refractivity contribution in [3.8, 4) is 0 Å². The van der Waals surface area contributed by atoms with Crippen LogP contribution >= 0.6 is 0 Å². The van der Waals surface area contributed by atoms with Crippen LogP contribution in [-0.4, -0.2) is 45.8 Å². The van der Waals surface area contributed by atoms with Gasteiger partial charge in [0.1, 0.15) is 6.04 Å². The van der Waals surface area contributed by atoms with Crippen LogP contribution < -0.4 is 11.5 Å². The predicted molar refractivity (Wildman–Crippen MR) is 132 cm³/mol. The smallest absolute Gasteiger partial charge is 0.320 e. The second kappa shape index (κ2) is 25.0. The van der Waals surface area contributed by atoms with Crippen LogP contribution in [0.3, 0.4) is 0 Å². The fraction of sp³-hybridized carbons (Fsp3) is 0.880. The monoisotopic (exact) mass is 474 g/mol. The molecule has 33 heavy (non-hydrogen) atoms. The van der Waals surface area contributed by atoms with Crippen LogP contribution in [0.2, 0.25) is 0 Å². The van der Waals surface area contributed by atoms with Crippen molar-refractivity contribution < 1.29 is 29.7 Å². The molecule has 0 amide bonds. The van der Waals surface area contributed by atoms with E-state index in [-0.39, 0.29) is 6.42 Å². The standard InChI is InChI=1S/C19H36O4.C6H14N2O2/c1-2-3-4-5-6-7-8-9-10-11-12-13-14-15-16-17(18(20)21)19(22)23;7-4-2-1-3-5(8)6(9)10/h17H,2-16H2,1H3,(H,20,21)(H,22,23);5H,1-4,7-8H2,(H,9,10)/t;5-/m.0/s1. The molecule has 196 valence electrons. The molecule has 0 aliphatic carbocycles. The van der Waals surface area contributed by atoms with Crippen molar-refractivity contribution in [2.24, 2.45) is 17.4 Å². The van der Waals surface area contributed by atoms with Gasteiger partial charge in [-0.15, -0.1) is 0 Å². The van der Waals surface area contributed by atoms with Gasteiger partial charge in [-0.25, -0.2) is 0 Å². The summed E-state index contributed by atoms with van der Waals surface area (Å²) in [6.45, 7) is 2.85. The Labute approximate surface area is 200 Å². The van der Waals surface area contributed by atoms with E-state index in [1.54, 1.807) is 0 Å². The van der Waals surface area contributed by atoms with Crippen molar-refractivity contribution in [1.82, 2.24) is 0 Å². The minimum absolute atomic E-state index is 0.253. The number of aliphatic carboxylic acids is 3. The van der Waals surface area contributed by atoms with Crippen LogP contribution in [0, 0.1) is 5.92 Å². The van der Waals surface area contributed by atoms with Crippen LogP contribution in [-0.2, 0) is 14.4 Å². The Hall–Kier alpha value is -1.67. The molecule has 0 unspecified atom stereocenters. The van der Waals surface area contributed by atoms with Crippen LogP contribution in [0.15, 0.2) is 0 Å². The molecule has 0 aromatic carbocycles. The summed E-state index contributed by atoms with van der Waals surface area (Å²) < 4.78 is 0. The molecule has 0 saturated carbocycles. The Kier molecular flexibility index (Phi) is 25.3. The van der Waals surface area contributed by atoms with Crippen molar-refractivity contribution >= 4 is 17.9 Å². The van der Waals surface area contributed by atoms with Gasteiger partial charge < -0.3 is 26.8 Å². The van der Waals surface area contributed by atoms with Crippen molar-refractivity contribution in [2.75, 3.05) is 6.54 Å². The quantitative estimate of drug-likeness (QED) is 0.106. The summed E-state index contributed by atoms with van der Waals surface area (Å²) in [7, 11) is 0. The lowest BCUT2D eigenvalue weighted by molar-refractivity contribution is -0.154. The summed E-state index contributed by atoms with van der Waals surface area (Å²) in [4.78, 5) is 31.6. The number of nitrogens with two attached hydrogens (primary N) is 2. The van der Waals surface area contributed by atoms with Crippen LogP contribution in [0.4, 0.5) is 0 Å². The van der Waals surface area contributed by atoms with Crippen molar-refractivity contribution in [3.05, 3.63) is 0 Å². The highest BCUT2D eigenvalue weighted by molar-refractivity contribution is 5.92. The number of rotatable bonds is 22. The average molecular weight is 475 g/mol. The van der Waals surface area contributed by atoms with Crippen LogP contribution in [0.1, 0.15) is 122 Å². The fourth-order valence-corrected chi connectivity index (χ4v) is 3.53. The summed E-state index contributed by atoms with van der Waals surface area (Å²) in [5.74, 6) is -4.59. The molecule has 0 heterocycles. The van der Waals surface area contributed by atoms with Gasteiger partial charge in [-0.2, -0.15) is 0 Å². The lowest BCUT2D eigenvalue weighted by Crippen LogP contribution is -2.29. The van der Waals surface area contributed by atoms with Gasteiger partial charge in [0.15, 0.2) is 5.92 Å². The number of hydrogen-bond acceptors (Lipinski definition) is 5. The van der Waals surface area contributed by atoms with Crippen LogP contribution in [0.5, 0.6) is 0 Å². The zero-order valence-corrected chi connectivity index (χ0v) is 20.8. The topological polar surface area (TPSA) is 164 Å². The summed E-state index contributed by atoms with van der Waals surface area (Å²) in [6, 6.07) is -0.716. The first-order chi connectivity index (χ1) is 15.8. The normalized spacial score (nSPS) is 11.6. The van der Waals surface area contributed by atoms with E-state index in [2.05, 4.69) is 6.92 Å². The Morgan fingerprint density at radius 2 is 0.939 bits per heavy atom. The molecule has 0 aliphatic heterocycles. The number of carboxylic acids is 3. The summed E-state index contributed by atoms with van der Waals surface area (Å²) in [6.07, 6.45) is 19.8. The molecule has 0 radical (unpaired) electrons. The maximum atomic E-state index is 10.7. The zero-order valence-electron chi connectivity index (χ0n) is 20.8. The predicted octanol–water partition coefficient (Wildman–Crippen LogP) is 5.17. The zero-order chi connectivity index (χ0) is 25.3. The Balaban J connectivity index is 0. The molecule has 8 nitrogen and oxygen atoms in total. The molecule has 0 aromatic heterocycles. The van der Waals surface area contributed by atoms with E-state index in [4.69, 9.17) is 26.8 Å². The number of carbonyl (C=O) groups is 3. The van der Waals surface area contributed by atoms with E-state index in [9.17, 15) is 14.4 Å². The third-order valence-electron chi connectivity index (χ3n) is 5.73. The second-order valence-electron chi connectivity index (χ2n) is 8.84. The maximum Gasteiger partial charge on any atom is 0.320 e. The van der Waals surface area contributed by atoms with Gasteiger partial charge in [0, 0.05) is 0 Å². The number of carboxylic acid groups (broad SMARTS) is 3. The highest BCUT2D eigenvalue weighted by Gasteiger charge is 2.24. The van der Waals surface area contributed by atoms with Crippen molar-refractivity contribution in [3.63, 3.8) is 0 Å². The van der Waals surface area contributed by atoms with Gasteiger partial charge in [0.2, 0.25) is 0 Å². The molecular formula is C25H50N2O6. The molecule has 0 aromatic rings. The van der Waals surface area contributed by atoms with Gasteiger partial charge in [0.25, 0.3) is 0 Å². The summed E-state index contributed by atoms with van der Waals surface area (Å²) in [5.41, 5.74) is 10.4. The minimum atomic E-state index is -1.23. The fourth-order valence-electron chi connectivity index (χ4n) is 3.53. The third-order valence-corrected chi connectivity index (χ3v) is 5.73. The number of unbranched alkanes of at least 4 members (excludes halogenated alkanes) is 14. The van der Waals surface area contributed by atoms with Gasteiger partial charge in [-0.05, 0) is 25.8 Å². The van der Waals surface area contributed by atoms with Crippen LogP contribution in [0.25, 0.3) is 0 Å². The van der Waals surface area contributed by atoms with Gasteiger partial charge in [-0.3, -0.25) is 14.4 Å². The first-order valence-electron chi connectivity index (χ1n) is 12.9. The molecule has 0 saturated heterocycles. The van der Waals surface area contributed by atoms with Gasteiger partial charge >= 0.3 is 17.9 Å². The number of hydrogen-bond donors (Lipinski definition) is 5. The first-order valence-corrected chi connectivity index (χ1v) is 12.9. The highest BCUT2D eigenvalue weighted by Crippen LogP contribution is 2.15. The molecule has 7 N–H and O–H groups in total.